The molecule has 1 aromatic carbocycles. The molecule has 3 aliphatic rings. The van der Waals surface area contributed by atoms with E-state index in [4.69, 9.17) is 0 Å². The third kappa shape index (κ3) is 2.86. The molecule has 136 valence electrons. The first-order valence-corrected chi connectivity index (χ1v) is 10.5. The van der Waals surface area contributed by atoms with E-state index < -0.39 is 0 Å². The quantitative estimate of drug-likeness (QED) is 0.865. The van der Waals surface area contributed by atoms with Gasteiger partial charge >= 0.3 is 0 Å². The molecule has 1 amide bonds. The molecule has 5 rings (SSSR count). The van der Waals surface area contributed by atoms with Gasteiger partial charge < -0.3 is 5.32 Å². The van der Waals surface area contributed by atoms with Crippen molar-refractivity contribution in [2.75, 3.05) is 0 Å². The van der Waals surface area contributed by atoms with Crippen LogP contribution in [0, 0.1) is 29.5 Å². The van der Waals surface area contributed by atoms with Crippen LogP contribution in [0.4, 0.5) is 4.39 Å². The van der Waals surface area contributed by atoms with Gasteiger partial charge in [0.1, 0.15) is 10.8 Å². The molecule has 0 aliphatic heterocycles. The van der Waals surface area contributed by atoms with Crippen molar-refractivity contribution in [3.8, 4) is 10.6 Å². The van der Waals surface area contributed by atoms with Crippen LogP contribution in [-0.2, 0) is 11.2 Å². The summed E-state index contributed by atoms with van der Waals surface area (Å²) in [4.78, 5) is 17.1. The second kappa shape index (κ2) is 6.45. The topological polar surface area (TPSA) is 42.0 Å². The Labute approximate surface area is 157 Å². The zero-order valence-corrected chi connectivity index (χ0v) is 15.5. The van der Waals surface area contributed by atoms with Gasteiger partial charge in [-0.1, -0.05) is 6.42 Å². The molecule has 0 spiro atoms. The molecule has 2 aromatic rings. The van der Waals surface area contributed by atoms with Crippen molar-refractivity contribution in [1.82, 2.24) is 10.3 Å². The SMILES string of the molecule is O=C(Cc1csc(-c2ccc(F)cc2)n1)N[C@@H]1C[C@H]2C[C@H]1[C@H]1CCC[C@H]21. The molecular formula is C21H23FN2OS. The van der Waals surface area contributed by atoms with E-state index in [-0.39, 0.29) is 11.7 Å². The van der Waals surface area contributed by atoms with E-state index in [1.54, 1.807) is 12.1 Å². The van der Waals surface area contributed by atoms with Crippen molar-refractivity contribution >= 4 is 17.2 Å². The van der Waals surface area contributed by atoms with Crippen molar-refractivity contribution in [2.24, 2.45) is 23.7 Å². The van der Waals surface area contributed by atoms with E-state index >= 15 is 0 Å². The van der Waals surface area contributed by atoms with Crippen molar-refractivity contribution in [3.05, 3.63) is 41.2 Å². The second-order valence-electron chi connectivity index (χ2n) is 8.16. The highest BCUT2D eigenvalue weighted by molar-refractivity contribution is 7.13. The van der Waals surface area contributed by atoms with Crippen molar-refractivity contribution < 1.29 is 9.18 Å². The average molecular weight is 370 g/mol. The van der Waals surface area contributed by atoms with Crippen molar-refractivity contribution in [2.45, 2.75) is 44.6 Å². The van der Waals surface area contributed by atoms with E-state index in [1.165, 1.54) is 55.6 Å². The number of thiazole rings is 1. The lowest BCUT2D eigenvalue weighted by molar-refractivity contribution is -0.121. The molecular weight excluding hydrogens is 347 g/mol. The Morgan fingerprint density at radius 1 is 1.15 bits per heavy atom. The standard InChI is InChI=1S/C21H23FN2OS/c22-14-6-4-12(5-7-14)21-23-15(11-26-21)10-20(25)24-19-9-13-8-18(19)17-3-1-2-16(13)17/h4-7,11,13,16-19H,1-3,8-10H2,(H,24,25)/t13-,16-,17+,18+,19-/m1/s1. The van der Waals surface area contributed by atoms with Gasteiger partial charge in [0.05, 0.1) is 12.1 Å². The molecule has 3 nitrogen and oxygen atoms in total. The Morgan fingerprint density at radius 2 is 1.96 bits per heavy atom. The monoisotopic (exact) mass is 370 g/mol. The minimum Gasteiger partial charge on any atom is -0.353 e. The fraction of sp³-hybridized carbons (Fsp3) is 0.524. The Morgan fingerprint density at radius 3 is 2.81 bits per heavy atom. The Hall–Kier alpha value is -1.75. The number of hydrogen-bond acceptors (Lipinski definition) is 3. The number of carbonyl (C=O) groups excluding carboxylic acids is 1. The number of amides is 1. The van der Waals surface area contributed by atoms with Gasteiger partial charge in [-0.15, -0.1) is 11.3 Å². The first-order valence-electron chi connectivity index (χ1n) is 9.67. The minimum atomic E-state index is -0.250. The summed E-state index contributed by atoms with van der Waals surface area (Å²) in [6.45, 7) is 0. The zero-order valence-electron chi connectivity index (χ0n) is 14.7. The second-order valence-corrected chi connectivity index (χ2v) is 9.01. The van der Waals surface area contributed by atoms with E-state index in [1.807, 2.05) is 5.38 Å². The van der Waals surface area contributed by atoms with Crippen LogP contribution in [0.25, 0.3) is 10.6 Å². The number of benzene rings is 1. The van der Waals surface area contributed by atoms with Crippen LogP contribution in [0.3, 0.4) is 0 Å². The Bertz CT molecular complexity index is 818. The van der Waals surface area contributed by atoms with Crippen LogP contribution >= 0.6 is 11.3 Å². The van der Waals surface area contributed by atoms with Gasteiger partial charge in [-0.2, -0.15) is 0 Å². The molecule has 0 unspecified atom stereocenters. The van der Waals surface area contributed by atoms with Crippen LogP contribution in [-0.4, -0.2) is 16.9 Å². The van der Waals surface area contributed by atoms with Gasteiger partial charge in [0, 0.05) is 17.0 Å². The first-order chi connectivity index (χ1) is 12.7. The highest BCUT2D eigenvalue weighted by Gasteiger charge is 2.53. The van der Waals surface area contributed by atoms with Gasteiger partial charge in [0.25, 0.3) is 0 Å². The molecule has 2 bridgehead atoms. The van der Waals surface area contributed by atoms with Crippen LogP contribution in [0.2, 0.25) is 0 Å². The number of nitrogens with one attached hydrogen (secondary N) is 1. The maximum Gasteiger partial charge on any atom is 0.226 e. The fourth-order valence-corrected chi connectivity index (χ4v) is 6.60. The number of hydrogen-bond donors (Lipinski definition) is 1. The van der Waals surface area contributed by atoms with Crippen LogP contribution < -0.4 is 5.32 Å². The fourth-order valence-electron chi connectivity index (χ4n) is 5.77. The van der Waals surface area contributed by atoms with Crippen LogP contribution in [0.15, 0.2) is 29.6 Å². The lowest BCUT2D eigenvalue weighted by Gasteiger charge is -2.32. The van der Waals surface area contributed by atoms with E-state index in [0.717, 1.165) is 34.0 Å². The van der Waals surface area contributed by atoms with Gasteiger partial charge in [0.15, 0.2) is 0 Å². The number of nitrogens with zero attached hydrogens (tertiary/aromatic N) is 1. The van der Waals surface area contributed by atoms with E-state index in [9.17, 15) is 9.18 Å². The summed E-state index contributed by atoms with van der Waals surface area (Å²) in [5.74, 6) is 3.21. The first kappa shape index (κ1) is 16.4. The summed E-state index contributed by atoms with van der Waals surface area (Å²) in [5.41, 5.74) is 1.69. The maximum atomic E-state index is 13.0. The third-order valence-electron chi connectivity index (χ3n) is 6.76. The number of carbonyl (C=O) groups is 1. The molecule has 0 saturated heterocycles. The van der Waals surface area contributed by atoms with Gasteiger partial charge in [0.2, 0.25) is 5.91 Å². The molecule has 3 saturated carbocycles. The maximum absolute atomic E-state index is 13.0. The molecule has 5 heteroatoms. The minimum absolute atomic E-state index is 0.0908. The number of fused-ring (bicyclic) bond motifs is 5. The van der Waals surface area contributed by atoms with E-state index in [0.29, 0.717) is 18.4 Å². The highest BCUT2D eigenvalue weighted by atomic mass is 32.1. The average Bonchev–Trinajstić information content (AvgIpc) is 3.37. The Kier molecular flexibility index (Phi) is 4.07. The van der Waals surface area contributed by atoms with Crippen LogP contribution in [0.1, 0.15) is 37.8 Å². The summed E-state index contributed by atoms with van der Waals surface area (Å²) in [6, 6.07) is 6.71. The molecule has 1 N–H and O–H groups in total. The summed E-state index contributed by atoms with van der Waals surface area (Å²) >= 11 is 1.50. The lowest BCUT2D eigenvalue weighted by Crippen LogP contribution is -2.43. The number of rotatable bonds is 4. The molecule has 5 atom stereocenters. The molecule has 1 aromatic heterocycles. The molecule has 26 heavy (non-hydrogen) atoms. The smallest absolute Gasteiger partial charge is 0.226 e. The van der Waals surface area contributed by atoms with Crippen LogP contribution in [0.5, 0.6) is 0 Å². The normalized spacial score (nSPS) is 32.0. The molecule has 0 radical (unpaired) electrons. The van der Waals surface area contributed by atoms with Gasteiger partial charge in [-0.3, -0.25) is 4.79 Å². The number of halogens is 1. The summed E-state index contributed by atoms with van der Waals surface area (Å²) in [5, 5.41) is 6.08. The van der Waals surface area contributed by atoms with Crippen molar-refractivity contribution in [1.29, 1.82) is 0 Å². The Balaban J connectivity index is 1.21. The zero-order chi connectivity index (χ0) is 17.7. The number of aromatic nitrogens is 1. The lowest BCUT2D eigenvalue weighted by atomic mass is 9.79. The predicted molar refractivity (Wildman–Crippen MR) is 100 cm³/mol. The van der Waals surface area contributed by atoms with Gasteiger partial charge in [-0.25, -0.2) is 9.37 Å². The largest absolute Gasteiger partial charge is 0.353 e. The van der Waals surface area contributed by atoms with Gasteiger partial charge in [-0.05, 0) is 73.6 Å². The molecule has 3 aliphatic carbocycles. The predicted octanol–water partition coefficient (Wildman–Crippen LogP) is 4.43. The summed E-state index contributed by atoms with van der Waals surface area (Å²) in [6.07, 6.45) is 7.00. The van der Waals surface area contributed by atoms with E-state index in [2.05, 4.69) is 10.3 Å². The van der Waals surface area contributed by atoms with Crippen molar-refractivity contribution in [3.63, 3.8) is 0 Å². The molecule has 3 fully saturated rings. The molecule has 1 heterocycles. The highest BCUT2D eigenvalue weighted by Crippen LogP contribution is 2.58. The summed E-state index contributed by atoms with van der Waals surface area (Å²) < 4.78 is 13.0. The third-order valence-corrected chi connectivity index (χ3v) is 7.70. The summed E-state index contributed by atoms with van der Waals surface area (Å²) in [7, 11) is 0.